The molecule has 0 unspecified atom stereocenters. The second-order valence-electron chi connectivity index (χ2n) is 7.63. The third-order valence-electron chi connectivity index (χ3n) is 5.63. The molecular formula is C26H29O2P. The first kappa shape index (κ1) is 20.2. The number of ether oxygens (including phenoxy) is 2. The molecule has 0 aromatic heterocycles. The lowest BCUT2D eigenvalue weighted by atomic mass is 10.1. The van der Waals surface area contributed by atoms with Crippen LogP contribution in [0.4, 0.5) is 0 Å². The average molecular weight is 404 g/mol. The van der Waals surface area contributed by atoms with Crippen LogP contribution < -0.4 is 15.9 Å². The van der Waals surface area contributed by atoms with Crippen molar-refractivity contribution in [2.75, 3.05) is 13.2 Å². The molecule has 3 heteroatoms. The molecule has 0 saturated carbocycles. The maximum atomic E-state index is 5.80. The summed E-state index contributed by atoms with van der Waals surface area (Å²) in [4.78, 5) is 0. The minimum atomic E-state index is -1.84. The molecule has 29 heavy (non-hydrogen) atoms. The Labute approximate surface area is 174 Å². The number of hydrogen-bond acceptors (Lipinski definition) is 2. The molecular weight excluding hydrogens is 375 g/mol. The predicted molar refractivity (Wildman–Crippen MR) is 125 cm³/mol. The van der Waals surface area contributed by atoms with Crippen LogP contribution in [0.15, 0.2) is 91.0 Å². The summed E-state index contributed by atoms with van der Waals surface area (Å²) < 4.78 is 11.6. The summed E-state index contributed by atoms with van der Waals surface area (Å²) in [6.45, 7) is 1.63. The van der Waals surface area contributed by atoms with Crippen LogP contribution in [0.25, 0.3) is 0 Å². The van der Waals surface area contributed by atoms with Gasteiger partial charge in [0.1, 0.15) is 0 Å². The van der Waals surface area contributed by atoms with Crippen molar-refractivity contribution < 1.29 is 9.47 Å². The van der Waals surface area contributed by atoms with Gasteiger partial charge in [-0.25, -0.2) is 0 Å². The van der Waals surface area contributed by atoms with Gasteiger partial charge in [0.15, 0.2) is 5.79 Å². The number of unbranched alkanes of at least 4 members (excludes halogenated alkanes) is 1. The van der Waals surface area contributed by atoms with E-state index in [1.807, 2.05) is 0 Å². The van der Waals surface area contributed by atoms with Gasteiger partial charge < -0.3 is 9.47 Å². The van der Waals surface area contributed by atoms with E-state index in [4.69, 9.17) is 9.47 Å². The first-order valence-corrected chi connectivity index (χ1v) is 12.3. The molecule has 1 fully saturated rings. The van der Waals surface area contributed by atoms with Gasteiger partial charge in [-0.1, -0.05) is 96.8 Å². The summed E-state index contributed by atoms with van der Waals surface area (Å²) in [5.41, 5.74) is 0. The highest BCUT2D eigenvalue weighted by Crippen LogP contribution is 2.44. The van der Waals surface area contributed by atoms with E-state index in [0.29, 0.717) is 13.2 Å². The van der Waals surface area contributed by atoms with E-state index in [2.05, 4.69) is 104 Å². The van der Waals surface area contributed by atoms with Gasteiger partial charge in [0.2, 0.25) is 0 Å². The molecule has 0 amide bonds. The third kappa shape index (κ3) is 4.41. The van der Waals surface area contributed by atoms with E-state index >= 15 is 0 Å². The smallest absolute Gasteiger partial charge is 0.165 e. The molecule has 0 N–H and O–H groups in total. The molecule has 1 saturated heterocycles. The van der Waals surface area contributed by atoms with Gasteiger partial charge in [-0.2, -0.15) is 0 Å². The Morgan fingerprint density at radius 1 is 0.724 bits per heavy atom. The van der Waals surface area contributed by atoms with Crippen LogP contribution in [0.2, 0.25) is 0 Å². The van der Waals surface area contributed by atoms with Gasteiger partial charge in [-0.15, -0.1) is 0 Å². The molecule has 0 atom stereocenters. The van der Waals surface area contributed by atoms with Gasteiger partial charge in [0, 0.05) is 6.42 Å². The summed E-state index contributed by atoms with van der Waals surface area (Å²) in [5.74, 6) is 2.17. The highest BCUT2D eigenvalue weighted by Gasteiger charge is 2.30. The summed E-state index contributed by atoms with van der Waals surface area (Å²) in [6, 6.07) is 33.0. The van der Waals surface area contributed by atoms with E-state index in [1.54, 1.807) is 0 Å². The molecule has 3 aromatic rings. The van der Waals surface area contributed by atoms with Crippen LogP contribution in [0.5, 0.6) is 0 Å². The Morgan fingerprint density at radius 2 is 1.14 bits per heavy atom. The van der Waals surface area contributed by atoms with Crippen molar-refractivity contribution in [3.63, 3.8) is 0 Å². The SMILES string of the molecule is CC1(CCCC=P(c2ccccc2)(c2ccccc2)c2ccccc2)OCCO1. The lowest BCUT2D eigenvalue weighted by molar-refractivity contribution is -0.147. The van der Waals surface area contributed by atoms with E-state index in [-0.39, 0.29) is 0 Å². The summed E-state index contributed by atoms with van der Waals surface area (Å²) in [6.07, 6.45) is 2.99. The van der Waals surface area contributed by atoms with Gasteiger partial charge in [-0.3, -0.25) is 0 Å². The first-order valence-electron chi connectivity index (χ1n) is 10.4. The number of benzene rings is 3. The van der Waals surface area contributed by atoms with E-state index in [9.17, 15) is 0 Å². The van der Waals surface area contributed by atoms with Crippen molar-refractivity contribution in [2.45, 2.75) is 32.0 Å². The van der Waals surface area contributed by atoms with Crippen molar-refractivity contribution in [2.24, 2.45) is 0 Å². The van der Waals surface area contributed by atoms with Crippen LogP contribution in [-0.4, -0.2) is 24.8 Å². The zero-order valence-corrected chi connectivity index (χ0v) is 17.9. The molecule has 1 aliphatic rings. The van der Waals surface area contributed by atoms with Crippen LogP contribution in [0.1, 0.15) is 26.2 Å². The Kier molecular flexibility index (Phi) is 6.35. The molecule has 0 radical (unpaired) electrons. The topological polar surface area (TPSA) is 18.5 Å². The first-order chi connectivity index (χ1) is 14.2. The Balaban J connectivity index is 1.77. The highest BCUT2D eigenvalue weighted by atomic mass is 31.2. The van der Waals surface area contributed by atoms with Gasteiger partial charge in [0.25, 0.3) is 0 Å². The van der Waals surface area contributed by atoms with Gasteiger partial charge in [-0.05, 0) is 42.6 Å². The van der Waals surface area contributed by atoms with Gasteiger partial charge in [0.05, 0.1) is 13.2 Å². The van der Waals surface area contributed by atoms with Crippen molar-refractivity contribution in [3.05, 3.63) is 91.0 Å². The fourth-order valence-corrected chi connectivity index (χ4v) is 8.19. The Bertz CT molecular complexity index is 842. The normalized spacial score (nSPS) is 15.9. The van der Waals surface area contributed by atoms with E-state index in [1.165, 1.54) is 15.9 Å². The van der Waals surface area contributed by atoms with Gasteiger partial charge >= 0.3 is 0 Å². The molecule has 4 rings (SSSR count). The minimum absolute atomic E-state index is 0.415. The lowest BCUT2D eigenvalue weighted by Crippen LogP contribution is -2.27. The molecule has 0 aliphatic carbocycles. The zero-order chi connectivity index (χ0) is 20.0. The fourth-order valence-electron chi connectivity index (χ4n) is 4.16. The molecule has 0 spiro atoms. The largest absolute Gasteiger partial charge is 0.348 e. The summed E-state index contributed by atoms with van der Waals surface area (Å²) in [5, 5.41) is 4.20. The van der Waals surface area contributed by atoms with Crippen LogP contribution in [0.3, 0.4) is 0 Å². The van der Waals surface area contributed by atoms with Crippen LogP contribution in [0, 0.1) is 0 Å². The maximum absolute atomic E-state index is 5.80. The van der Waals surface area contributed by atoms with Crippen molar-refractivity contribution in [1.29, 1.82) is 0 Å². The second kappa shape index (κ2) is 9.13. The van der Waals surface area contributed by atoms with Crippen LogP contribution in [-0.2, 0) is 9.47 Å². The summed E-state index contributed by atoms with van der Waals surface area (Å²) >= 11 is 0. The predicted octanol–water partition coefficient (Wildman–Crippen LogP) is 4.72. The van der Waals surface area contributed by atoms with Crippen molar-refractivity contribution in [3.8, 4) is 0 Å². The van der Waals surface area contributed by atoms with Crippen LogP contribution >= 0.6 is 6.89 Å². The molecule has 150 valence electrons. The Hall–Kier alpha value is -2.12. The standard InChI is InChI=1S/C26H29O2P/c1-26(27-20-21-28-26)19-11-12-22-29(23-13-5-2-6-14-23,24-15-7-3-8-16-24)25-17-9-4-10-18-25/h2-10,13-18,22H,11-12,19-21H2,1H3. The second-order valence-corrected chi connectivity index (χ2v) is 11.0. The molecule has 2 nitrogen and oxygen atoms in total. The maximum Gasteiger partial charge on any atom is 0.165 e. The van der Waals surface area contributed by atoms with Crippen molar-refractivity contribution >= 4 is 28.6 Å². The third-order valence-corrected chi connectivity index (χ3v) is 9.77. The van der Waals surface area contributed by atoms with E-state index < -0.39 is 12.7 Å². The van der Waals surface area contributed by atoms with E-state index in [0.717, 1.165) is 19.3 Å². The fraction of sp³-hybridized carbons (Fsp3) is 0.269. The lowest BCUT2D eigenvalue weighted by Gasteiger charge is -2.29. The monoisotopic (exact) mass is 404 g/mol. The Morgan fingerprint density at radius 3 is 1.55 bits per heavy atom. The summed E-state index contributed by atoms with van der Waals surface area (Å²) in [7, 11) is 0. The van der Waals surface area contributed by atoms with Crippen molar-refractivity contribution in [1.82, 2.24) is 0 Å². The molecule has 1 heterocycles. The molecule has 0 bridgehead atoms. The average Bonchev–Trinajstić information content (AvgIpc) is 3.22. The number of rotatable bonds is 7. The molecule has 3 aromatic carbocycles. The zero-order valence-electron chi connectivity index (χ0n) is 17.0. The number of hydrogen-bond donors (Lipinski definition) is 0. The highest BCUT2D eigenvalue weighted by molar-refractivity contribution is 7.94. The quantitative estimate of drug-likeness (QED) is 0.419. The minimum Gasteiger partial charge on any atom is -0.348 e. The molecule has 1 aliphatic heterocycles.